The van der Waals surface area contributed by atoms with E-state index in [1.165, 1.54) is 19.4 Å². The van der Waals surface area contributed by atoms with Crippen LogP contribution in [0.25, 0.3) is 0 Å². The van der Waals surface area contributed by atoms with Gasteiger partial charge >= 0.3 is 5.97 Å². The zero-order valence-electron chi connectivity index (χ0n) is 16.4. The molecule has 3 N–H and O–H groups in total. The van der Waals surface area contributed by atoms with Gasteiger partial charge in [0.15, 0.2) is 0 Å². The lowest BCUT2D eigenvalue weighted by Crippen LogP contribution is -2.11. The Labute approximate surface area is 173 Å². The molecule has 1 amide bonds. The van der Waals surface area contributed by atoms with Gasteiger partial charge in [0.05, 0.1) is 25.3 Å². The number of carbonyl (C=O) groups excluding carboxylic acids is 2. The third kappa shape index (κ3) is 4.94. The van der Waals surface area contributed by atoms with Crippen LogP contribution in [0.15, 0.2) is 60.8 Å². The van der Waals surface area contributed by atoms with Crippen molar-refractivity contribution in [3.8, 4) is 17.6 Å². The molecule has 0 radical (unpaired) electrons. The first-order valence-corrected chi connectivity index (χ1v) is 8.91. The molecule has 7 nitrogen and oxygen atoms in total. The van der Waals surface area contributed by atoms with E-state index < -0.39 is 5.97 Å². The predicted molar refractivity (Wildman–Crippen MR) is 113 cm³/mol. The van der Waals surface area contributed by atoms with E-state index in [1.54, 1.807) is 55.6 Å². The molecule has 3 aromatic rings. The Morgan fingerprint density at radius 2 is 1.80 bits per heavy atom. The van der Waals surface area contributed by atoms with E-state index in [0.29, 0.717) is 28.1 Å². The zero-order valence-corrected chi connectivity index (χ0v) is 16.4. The number of nitrogens with one attached hydrogen (secondary N) is 1. The fourth-order valence-corrected chi connectivity index (χ4v) is 2.59. The average molecular weight is 401 g/mol. The van der Waals surface area contributed by atoms with Crippen LogP contribution in [0.2, 0.25) is 0 Å². The number of amides is 1. The van der Waals surface area contributed by atoms with Gasteiger partial charge in [0.1, 0.15) is 11.6 Å². The first kappa shape index (κ1) is 20.4. The Balaban J connectivity index is 1.80. The molecule has 0 fully saturated rings. The molecule has 0 bridgehead atoms. The summed E-state index contributed by atoms with van der Waals surface area (Å²) in [6.45, 7) is 0. The predicted octanol–water partition coefficient (Wildman–Crippen LogP) is 3.11. The lowest BCUT2D eigenvalue weighted by Gasteiger charge is -2.07. The summed E-state index contributed by atoms with van der Waals surface area (Å²) in [5, 5.41) is 2.83. The number of hydrogen-bond donors (Lipinski definition) is 2. The minimum absolute atomic E-state index is 0.206. The first-order valence-electron chi connectivity index (χ1n) is 8.91. The maximum absolute atomic E-state index is 12.5. The molecule has 1 heterocycles. The lowest BCUT2D eigenvalue weighted by molar-refractivity contribution is 0.0600. The van der Waals surface area contributed by atoms with Crippen LogP contribution in [0.4, 0.5) is 11.5 Å². The summed E-state index contributed by atoms with van der Waals surface area (Å²) in [6, 6.07) is 15.5. The normalized spacial score (nSPS) is 9.80. The summed E-state index contributed by atoms with van der Waals surface area (Å²) in [5.74, 6) is 5.89. The maximum Gasteiger partial charge on any atom is 0.339 e. The monoisotopic (exact) mass is 401 g/mol. The molecular formula is C23H19N3O4. The van der Waals surface area contributed by atoms with Gasteiger partial charge in [0, 0.05) is 23.0 Å². The number of nitrogens with zero attached hydrogens (tertiary/aromatic N) is 1. The Morgan fingerprint density at radius 1 is 1.00 bits per heavy atom. The number of anilines is 2. The number of aromatic nitrogens is 1. The van der Waals surface area contributed by atoms with Gasteiger partial charge in [-0.05, 0) is 42.5 Å². The van der Waals surface area contributed by atoms with Crippen molar-refractivity contribution >= 4 is 23.4 Å². The molecule has 0 aliphatic heterocycles. The van der Waals surface area contributed by atoms with Crippen LogP contribution in [0.3, 0.4) is 0 Å². The van der Waals surface area contributed by atoms with E-state index in [-0.39, 0.29) is 17.3 Å². The van der Waals surface area contributed by atoms with Gasteiger partial charge in [0.25, 0.3) is 5.91 Å². The average Bonchev–Trinajstić information content (AvgIpc) is 2.78. The summed E-state index contributed by atoms with van der Waals surface area (Å²) in [6.07, 6.45) is 1.33. The Bertz CT molecular complexity index is 1160. The second-order valence-electron chi connectivity index (χ2n) is 6.17. The quantitative estimate of drug-likeness (QED) is 0.514. The van der Waals surface area contributed by atoms with Crippen molar-refractivity contribution in [2.75, 3.05) is 25.3 Å². The standard InChI is InChI=1S/C23H19N3O4/c1-29-20-8-4-6-17(13-20)22(27)26-19-7-3-5-15(11-19)9-10-16-12-18(23(28)30-2)14-25-21(16)24/h3-8,11-14H,1-2H3,(H2,24,25)(H,26,27). The van der Waals surface area contributed by atoms with Crippen LogP contribution in [-0.4, -0.2) is 31.1 Å². The number of nitrogens with two attached hydrogens (primary N) is 1. The number of rotatable bonds is 4. The van der Waals surface area contributed by atoms with Gasteiger partial charge in [-0.3, -0.25) is 4.79 Å². The SMILES string of the molecule is COC(=O)c1cnc(N)c(C#Cc2cccc(NC(=O)c3cccc(OC)c3)c2)c1. The summed E-state index contributed by atoms with van der Waals surface area (Å²) in [7, 11) is 2.83. The number of methoxy groups -OCH3 is 2. The Hall–Kier alpha value is -4.31. The third-order valence-corrected chi connectivity index (χ3v) is 4.13. The number of nitrogen functional groups attached to an aromatic ring is 1. The van der Waals surface area contributed by atoms with E-state index in [0.717, 1.165) is 0 Å². The molecule has 0 aliphatic rings. The van der Waals surface area contributed by atoms with Crippen LogP contribution in [0, 0.1) is 11.8 Å². The van der Waals surface area contributed by atoms with Gasteiger partial charge in [-0.2, -0.15) is 0 Å². The second kappa shape index (κ2) is 9.26. The van der Waals surface area contributed by atoms with E-state index in [4.69, 9.17) is 10.5 Å². The fraction of sp³-hybridized carbons (Fsp3) is 0.0870. The van der Waals surface area contributed by atoms with E-state index >= 15 is 0 Å². The highest BCUT2D eigenvalue weighted by molar-refractivity contribution is 6.04. The molecule has 7 heteroatoms. The van der Waals surface area contributed by atoms with Crippen LogP contribution in [0.1, 0.15) is 31.8 Å². The first-order chi connectivity index (χ1) is 14.5. The van der Waals surface area contributed by atoms with E-state index in [2.05, 4.69) is 26.9 Å². The highest BCUT2D eigenvalue weighted by atomic mass is 16.5. The molecule has 0 saturated carbocycles. The number of ether oxygens (including phenoxy) is 2. The number of carbonyl (C=O) groups is 2. The van der Waals surface area contributed by atoms with Crippen molar-refractivity contribution < 1.29 is 19.1 Å². The van der Waals surface area contributed by atoms with E-state index in [9.17, 15) is 9.59 Å². The van der Waals surface area contributed by atoms with Crippen molar-refractivity contribution in [2.45, 2.75) is 0 Å². The zero-order chi connectivity index (χ0) is 21.5. The Kier molecular flexibility index (Phi) is 6.30. The highest BCUT2D eigenvalue weighted by Gasteiger charge is 2.09. The molecule has 3 rings (SSSR count). The van der Waals surface area contributed by atoms with Gasteiger partial charge in [0.2, 0.25) is 0 Å². The number of benzene rings is 2. The minimum atomic E-state index is -0.521. The lowest BCUT2D eigenvalue weighted by atomic mass is 10.1. The highest BCUT2D eigenvalue weighted by Crippen LogP contribution is 2.16. The molecule has 0 aliphatic carbocycles. The molecule has 150 valence electrons. The number of esters is 1. The Morgan fingerprint density at radius 3 is 2.57 bits per heavy atom. The molecule has 2 aromatic carbocycles. The molecule has 0 atom stereocenters. The number of hydrogen-bond acceptors (Lipinski definition) is 6. The van der Waals surface area contributed by atoms with Gasteiger partial charge in [-0.1, -0.05) is 24.0 Å². The molecule has 0 spiro atoms. The van der Waals surface area contributed by atoms with Crippen molar-refractivity contribution in [2.24, 2.45) is 0 Å². The summed E-state index contributed by atoms with van der Waals surface area (Å²) < 4.78 is 9.83. The fourth-order valence-electron chi connectivity index (χ4n) is 2.59. The van der Waals surface area contributed by atoms with Gasteiger partial charge < -0.3 is 20.5 Å². The maximum atomic E-state index is 12.5. The summed E-state index contributed by atoms with van der Waals surface area (Å²) >= 11 is 0. The van der Waals surface area contributed by atoms with E-state index in [1.807, 2.05) is 0 Å². The van der Waals surface area contributed by atoms with Crippen LogP contribution in [-0.2, 0) is 4.74 Å². The topological polar surface area (TPSA) is 104 Å². The van der Waals surface area contributed by atoms with Crippen molar-refractivity contribution in [3.63, 3.8) is 0 Å². The molecule has 30 heavy (non-hydrogen) atoms. The van der Waals surface area contributed by atoms with Crippen LogP contribution in [0.5, 0.6) is 5.75 Å². The van der Waals surface area contributed by atoms with Crippen LogP contribution < -0.4 is 15.8 Å². The van der Waals surface area contributed by atoms with Crippen molar-refractivity contribution in [1.29, 1.82) is 0 Å². The van der Waals surface area contributed by atoms with Gasteiger partial charge in [-0.15, -0.1) is 0 Å². The van der Waals surface area contributed by atoms with Gasteiger partial charge in [-0.25, -0.2) is 9.78 Å². The third-order valence-electron chi connectivity index (χ3n) is 4.13. The minimum Gasteiger partial charge on any atom is -0.497 e. The largest absolute Gasteiger partial charge is 0.497 e. The van der Waals surface area contributed by atoms with Crippen molar-refractivity contribution in [3.05, 3.63) is 83.0 Å². The second-order valence-corrected chi connectivity index (χ2v) is 6.17. The van der Waals surface area contributed by atoms with Crippen molar-refractivity contribution in [1.82, 2.24) is 4.98 Å². The smallest absolute Gasteiger partial charge is 0.339 e. The molecular weight excluding hydrogens is 382 g/mol. The molecule has 0 saturated heterocycles. The molecule has 1 aromatic heterocycles. The van der Waals surface area contributed by atoms with Crippen LogP contribution >= 0.6 is 0 Å². The summed E-state index contributed by atoms with van der Waals surface area (Å²) in [4.78, 5) is 28.1. The number of pyridine rings is 1. The molecule has 0 unspecified atom stereocenters. The summed E-state index contributed by atoms with van der Waals surface area (Å²) in [5.41, 5.74) is 8.23.